The van der Waals surface area contributed by atoms with Crippen LogP contribution in [0.3, 0.4) is 0 Å². The summed E-state index contributed by atoms with van der Waals surface area (Å²) in [6.07, 6.45) is 1.58. The molecule has 4 nitrogen and oxygen atoms in total. The second-order valence-corrected chi connectivity index (χ2v) is 4.85. The van der Waals surface area contributed by atoms with Gasteiger partial charge in [0.05, 0.1) is 18.2 Å². The number of fused-ring (bicyclic) bond motifs is 1. The van der Waals surface area contributed by atoms with Crippen molar-refractivity contribution in [3.8, 4) is 0 Å². The standard InChI is InChI=1S/C9H16N2O2S/c1-5(12)7-4-3-6-8(13-7)14-9(10-2)11-6/h5-8,12H,3-4H2,1-2H3,(H,10,11)/t5-,6+,7+,8+/m0/s1. The minimum absolute atomic E-state index is 0.0123. The van der Waals surface area contributed by atoms with Gasteiger partial charge in [-0.1, -0.05) is 11.8 Å². The van der Waals surface area contributed by atoms with Gasteiger partial charge in [0.2, 0.25) is 0 Å². The number of nitrogens with zero attached hydrogens (tertiary/aromatic N) is 1. The number of hydrogen-bond acceptors (Lipinski definition) is 4. The molecule has 0 aromatic carbocycles. The minimum atomic E-state index is -0.376. The van der Waals surface area contributed by atoms with Gasteiger partial charge in [-0.2, -0.15) is 0 Å². The van der Waals surface area contributed by atoms with Crippen LogP contribution in [0.2, 0.25) is 0 Å². The molecule has 0 aromatic heterocycles. The highest BCUT2D eigenvalue weighted by Crippen LogP contribution is 2.33. The van der Waals surface area contributed by atoms with Crippen LogP contribution in [-0.4, -0.2) is 41.0 Å². The lowest BCUT2D eigenvalue weighted by molar-refractivity contribution is -0.0751. The van der Waals surface area contributed by atoms with Gasteiger partial charge in [0.15, 0.2) is 5.17 Å². The Hall–Kier alpha value is -0.260. The predicted octanol–water partition coefficient (Wildman–Crippen LogP) is 0.563. The van der Waals surface area contributed by atoms with E-state index in [0.29, 0.717) is 6.04 Å². The Kier molecular flexibility index (Phi) is 2.99. The summed E-state index contributed by atoms with van der Waals surface area (Å²) in [5, 5.41) is 13.7. The lowest BCUT2D eigenvalue weighted by atomic mass is 10.0. The molecule has 0 amide bonds. The smallest absolute Gasteiger partial charge is 0.159 e. The maximum atomic E-state index is 9.44. The average molecular weight is 216 g/mol. The molecule has 2 fully saturated rings. The molecule has 0 spiro atoms. The Labute approximate surface area is 88.1 Å². The highest BCUT2D eigenvalue weighted by molar-refractivity contribution is 8.14. The first-order chi connectivity index (χ1) is 6.70. The van der Waals surface area contributed by atoms with Crippen molar-refractivity contribution in [3.05, 3.63) is 0 Å². The van der Waals surface area contributed by atoms with Crippen molar-refractivity contribution in [2.75, 3.05) is 7.05 Å². The normalized spacial score (nSPS) is 41.9. The van der Waals surface area contributed by atoms with Crippen molar-refractivity contribution in [1.29, 1.82) is 0 Å². The van der Waals surface area contributed by atoms with Crippen LogP contribution >= 0.6 is 11.8 Å². The molecule has 0 saturated carbocycles. The number of rotatable bonds is 1. The van der Waals surface area contributed by atoms with E-state index in [1.165, 1.54) is 0 Å². The molecule has 5 heteroatoms. The monoisotopic (exact) mass is 216 g/mol. The molecule has 2 saturated heterocycles. The zero-order valence-electron chi connectivity index (χ0n) is 8.43. The van der Waals surface area contributed by atoms with E-state index in [1.807, 2.05) is 0 Å². The molecule has 2 aliphatic rings. The number of nitrogens with one attached hydrogen (secondary N) is 1. The van der Waals surface area contributed by atoms with Crippen LogP contribution in [0, 0.1) is 0 Å². The van der Waals surface area contributed by atoms with Crippen molar-refractivity contribution in [2.24, 2.45) is 4.99 Å². The SMILES string of the molecule is CN=C1N[C@@H]2CC[C@H]([C@H](C)O)O[C@@H]2S1. The van der Waals surface area contributed by atoms with Gasteiger partial charge in [-0.15, -0.1) is 0 Å². The zero-order valence-corrected chi connectivity index (χ0v) is 9.25. The maximum absolute atomic E-state index is 9.44. The van der Waals surface area contributed by atoms with E-state index in [1.54, 1.807) is 25.7 Å². The van der Waals surface area contributed by atoms with E-state index >= 15 is 0 Å². The van der Waals surface area contributed by atoms with Crippen molar-refractivity contribution in [2.45, 2.75) is 43.5 Å². The number of amidine groups is 1. The highest BCUT2D eigenvalue weighted by Gasteiger charge is 2.39. The lowest BCUT2D eigenvalue weighted by Gasteiger charge is -2.32. The van der Waals surface area contributed by atoms with E-state index < -0.39 is 0 Å². The quantitative estimate of drug-likeness (QED) is 0.672. The molecule has 0 radical (unpaired) electrons. The van der Waals surface area contributed by atoms with Crippen molar-refractivity contribution >= 4 is 16.9 Å². The Balaban J connectivity index is 1.98. The first-order valence-corrected chi connectivity index (χ1v) is 5.82. The van der Waals surface area contributed by atoms with Gasteiger partial charge in [0.25, 0.3) is 0 Å². The van der Waals surface area contributed by atoms with Gasteiger partial charge in [-0.25, -0.2) is 0 Å². The molecule has 2 N–H and O–H groups in total. The number of hydrogen-bond donors (Lipinski definition) is 2. The van der Waals surface area contributed by atoms with Crippen LogP contribution in [0.4, 0.5) is 0 Å². The largest absolute Gasteiger partial charge is 0.391 e. The van der Waals surface area contributed by atoms with E-state index in [0.717, 1.165) is 18.0 Å². The number of thioether (sulfide) groups is 1. The summed E-state index contributed by atoms with van der Waals surface area (Å²) in [6.45, 7) is 1.78. The predicted molar refractivity (Wildman–Crippen MR) is 57.4 cm³/mol. The molecule has 0 unspecified atom stereocenters. The molecule has 2 aliphatic heterocycles. The molecular weight excluding hydrogens is 200 g/mol. The Morgan fingerprint density at radius 3 is 3.07 bits per heavy atom. The zero-order chi connectivity index (χ0) is 10.1. The number of ether oxygens (including phenoxy) is 1. The molecule has 0 bridgehead atoms. The maximum Gasteiger partial charge on any atom is 0.159 e. The summed E-state index contributed by atoms with van der Waals surface area (Å²) in [5.74, 6) is 0. The van der Waals surface area contributed by atoms with Gasteiger partial charge in [-0.3, -0.25) is 4.99 Å². The average Bonchev–Trinajstić information content (AvgIpc) is 2.58. The lowest BCUT2D eigenvalue weighted by Crippen LogP contribution is -2.43. The number of aliphatic hydroxyl groups excluding tert-OH is 1. The van der Waals surface area contributed by atoms with Gasteiger partial charge >= 0.3 is 0 Å². The molecule has 80 valence electrons. The van der Waals surface area contributed by atoms with Crippen LogP contribution in [0.15, 0.2) is 4.99 Å². The molecule has 4 atom stereocenters. The second-order valence-electron chi connectivity index (χ2n) is 3.76. The number of aliphatic hydroxyl groups is 1. The van der Waals surface area contributed by atoms with Crippen LogP contribution in [0.5, 0.6) is 0 Å². The van der Waals surface area contributed by atoms with Crippen molar-refractivity contribution < 1.29 is 9.84 Å². The summed E-state index contributed by atoms with van der Waals surface area (Å²) >= 11 is 1.62. The third-order valence-corrected chi connectivity index (χ3v) is 3.87. The van der Waals surface area contributed by atoms with E-state index in [2.05, 4.69) is 10.3 Å². The van der Waals surface area contributed by atoms with Gasteiger partial charge in [0.1, 0.15) is 5.44 Å². The van der Waals surface area contributed by atoms with Crippen molar-refractivity contribution in [3.63, 3.8) is 0 Å². The van der Waals surface area contributed by atoms with Crippen LogP contribution in [0.1, 0.15) is 19.8 Å². The molecule has 0 aromatic rings. The molecule has 0 aliphatic carbocycles. The van der Waals surface area contributed by atoms with Crippen LogP contribution < -0.4 is 5.32 Å². The van der Waals surface area contributed by atoms with Gasteiger partial charge in [-0.05, 0) is 19.8 Å². The third-order valence-electron chi connectivity index (χ3n) is 2.68. The summed E-state index contributed by atoms with van der Waals surface area (Å²) < 4.78 is 5.77. The Morgan fingerprint density at radius 1 is 1.64 bits per heavy atom. The van der Waals surface area contributed by atoms with Crippen LogP contribution in [0.25, 0.3) is 0 Å². The molecular formula is C9H16N2O2S. The molecule has 14 heavy (non-hydrogen) atoms. The van der Waals surface area contributed by atoms with Gasteiger partial charge in [0, 0.05) is 7.05 Å². The summed E-state index contributed by atoms with van der Waals surface area (Å²) in [4.78, 5) is 4.11. The topological polar surface area (TPSA) is 53.9 Å². The number of aliphatic imine (C=N–C) groups is 1. The third kappa shape index (κ3) is 1.89. The summed E-state index contributed by atoms with van der Waals surface area (Å²) in [7, 11) is 1.78. The highest BCUT2D eigenvalue weighted by atomic mass is 32.2. The summed E-state index contributed by atoms with van der Waals surface area (Å²) in [6, 6.07) is 0.369. The molecule has 2 heterocycles. The van der Waals surface area contributed by atoms with E-state index in [-0.39, 0.29) is 17.6 Å². The summed E-state index contributed by atoms with van der Waals surface area (Å²) in [5.41, 5.74) is 0.127. The fourth-order valence-corrected chi connectivity index (χ4v) is 2.95. The van der Waals surface area contributed by atoms with Crippen molar-refractivity contribution in [1.82, 2.24) is 5.32 Å². The van der Waals surface area contributed by atoms with E-state index in [4.69, 9.17) is 4.74 Å². The molecule has 2 rings (SSSR count). The van der Waals surface area contributed by atoms with E-state index in [9.17, 15) is 5.11 Å². The fraction of sp³-hybridized carbons (Fsp3) is 0.889. The fourth-order valence-electron chi connectivity index (χ4n) is 1.84. The van der Waals surface area contributed by atoms with Gasteiger partial charge < -0.3 is 15.2 Å². The minimum Gasteiger partial charge on any atom is -0.391 e. The Morgan fingerprint density at radius 2 is 2.43 bits per heavy atom. The second kappa shape index (κ2) is 4.08. The van der Waals surface area contributed by atoms with Crippen LogP contribution in [-0.2, 0) is 4.74 Å². The first-order valence-electron chi connectivity index (χ1n) is 4.94. The first kappa shape index (κ1) is 10.3. The Bertz CT molecular complexity index is 245.